The van der Waals surface area contributed by atoms with Gasteiger partial charge in [-0.2, -0.15) is 13.2 Å². The number of nitrogens with zero attached hydrogens (tertiary/aromatic N) is 3. The number of thioether (sulfide) groups is 1. The average molecular weight is 488 g/mol. The molecule has 1 fully saturated rings. The summed E-state index contributed by atoms with van der Waals surface area (Å²) in [6.07, 6.45) is 0.0136. The van der Waals surface area contributed by atoms with Gasteiger partial charge in [0.2, 0.25) is 6.29 Å². The maximum atomic E-state index is 12.8. The molecular weight excluding hydrogens is 467 g/mol. The van der Waals surface area contributed by atoms with Gasteiger partial charge in [0.05, 0.1) is 40.6 Å². The smallest absolute Gasteiger partial charge is 0.347 e. The Hall–Kier alpha value is -2.15. The number of hydrogen-bond donors (Lipinski definition) is 0. The molecule has 0 aliphatic carbocycles. The Kier molecular flexibility index (Phi) is 6.23. The van der Waals surface area contributed by atoms with Crippen LogP contribution in [0.5, 0.6) is 0 Å². The molecule has 32 heavy (non-hydrogen) atoms. The zero-order valence-electron chi connectivity index (χ0n) is 17.2. The predicted molar refractivity (Wildman–Crippen MR) is 113 cm³/mol. The summed E-state index contributed by atoms with van der Waals surface area (Å²) in [4.78, 5) is 8.94. The topological polar surface area (TPSA) is 83.3 Å². The second kappa shape index (κ2) is 8.65. The minimum Gasteiger partial charge on any atom is -0.347 e. The van der Waals surface area contributed by atoms with Gasteiger partial charge in [0.25, 0.3) is 0 Å². The summed E-state index contributed by atoms with van der Waals surface area (Å²) in [6, 6.07) is 7.18. The fraction of sp³-hybridized carbons (Fsp3) is 0.400. The number of sulfone groups is 1. The van der Waals surface area contributed by atoms with Crippen LogP contribution in [0, 0.1) is 0 Å². The summed E-state index contributed by atoms with van der Waals surface area (Å²) < 4.78 is 76.6. The van der Waals surface area contributed by atoms with Crippen molar-refractivity contribution in [3.05, 3.63) is 36.0 Å². The van der Waals surface area contributed by atoms with Gasteiger partial charge < -0.3 is 14.0 Å². The maximum absolute atomic E-state index is 12.8. The van der Waals surface area contributed by atoms with E-state index in [1.54, 1.807) is 17.7 Å². The molecule has 0 unspecified atom stereocenters. The molecule has 172 valence electrons. The minimum absolute atomic E-state index is 0.0112. The van der Waals surface area contributed by atoms with Crippen molar-refractivity contribution in [1.82, 2.24) is 14.5 Å². The standard InChI is InChI=1S/C20H20F3N3O4S2/c1-3-32(27,28)16-8-6-13(19-29-9-4-10-30-19)24-17(16)18-25-14-11-12(31-20(21,22)23)5-7-15(14)26(18)2/h5-8,11,19H,3-4,9-10H2,1-2H3. The van der Waals surface area contributed by atoms with Gasteiger partial charge in [-0.25, -0.2) is 18.4 Å². The van der Waals surface area contributed by atoms with Gasteiger partial charge >= 0.3 is 5.51 Å². The Labute approximate surface area is 186 Å². The van der Waals surface area contributed by atoms with Gasteiger partial charge in [-0.3, -0.25) is 0 Å². The van der Waals surface area contributed by atoms with Crippen molar-refractivity contribution in [1.29, 1.82) is 0 Å². The lowest BCUT2D eigenvalue weighted by Crippen LogP contribution is -2.19. The van der Waals surface area contributed by atoms with Gasteiger partial charge in [0, 0.05) is 11.9 Å². The summed E-state index contributed by atoms with van der Waals surface area (Å²) in [7, 11) is -2.00. The van der Waals surface area contributed by atoms with Crippen molar-refractivity contribution >= 4 is 32.6 Å². The van der Waals surface area contributed by atoms with Crippen LogP contribution < -0.4 is 0 Å². The molecule has 0 spiro atoms. The number of fused-ring (bicyclic) bond motifs is 1. The van der Waals surface area contributed by atoms with Crippen molar-refractivity contribution in [3.63, 3.8) is 0 Å². The summed E-state index contributed by atoms with van der Waals surface area (Å²) in [5.41, 5.74) is -3.08. The Balaban J connectivity index is 1.87. The summed E-state index contributed by atoms with van der Waals surface area (Å²) in [5, 5.41) is 0. The largest absolute Gasteiger partial charge is 0.446 e. The molecule has 7 nitrogen and oxygen atoms in total. The second-order valence-electron chi connectivity index (χ2n) is 7.11. The molecule has 3 heterocycles. The van der Waals surface area contributed by atoms with E-state index in [0.29, 0.717) is 29.9 Å². The van der Waals surface area contributed by atoms with Crippen LogP contribution in [0.1, 0.15) is 25.3 Å². The number of ether oxygens (including phenoxy) is 2. The summed E-state index contributed by atoms with van der Waals surface area (Å²) >= 11 is -0.235. The maximum Gasteiger partial charge on any atom is 0.446 e. The molecule has 1 aliphatic heterocycles. The molecule has 0 saturated carbocycles. The fourth-order valence-electron chi connectivity index (χ4n) is 3.41. The van der Waals surface area contributed by atoms with E-state index < -0.39 is 21.6 Å². The molecule has 0 bridgehead atoms. The van der Waals surface area contributed by atoms with E-state index in [4.69, 9.17) is 9.47 Å². The van der Waals surface area contributed by atoms with E-state index in [1.165, 1.54) is 31.2 Å². The van der Waals surface area contributed by atoms with Gasteiger partial charge in [-0.15, -0.1) is 0 Å². The van der Waals surface area contributed by atoms with Gasteiger partial charge in [0.1, 0.15) is 5.69 Å². The number of rotatable bonds is 5. The lowest BCUT2D eigenvalue weighted by atomic mass is 10.2. The number of aromatic nitrogens is 3. The lowest BCUT2D eigenvalue weighted by Gasteiger charge is -2.23. The molecular formula is C20H20F3N3O4S2. The van der Waals surface area contributed by atoms with E-state index in [0.717, 1.165) is 6.42 Å². The monoisotopic (exact) mass is 487 g/mol. The molecule has 2 aromatic heterocycles. The first-order valence-electron chi connectivity index (χ1n) is 9.78. The van der Waals surface area contributed by atoms with Crippen molar-refractivity contribution in [2.24, 2.45) is 7.05 Å². The highest BCUT2D eigenvalue weighted by Crippen LogP contribution is 2.38. The third-order valence-electron chi connectivity index (χ3n) is 4.96. The van der Waals surface area contributed by atoms with Gasteiger partial charge in [0.15, 0.2) is 15.7 Å². The number of pyridine rings is 1. The van der Waals surface area contributed by atoms with Gasteiger partial charge in [-0.05, 0) is 48.5 Å². The quantitative estimate of drug-likeness (QED) is 0.491. The molecule has 4 rings (SSSR count). The summed E-state index contributed by atoms with van der Waals surface area (Å²) in [5.74, 6) is 0.0761. The first kappa shape index (κ1) is 23.0. The fourth-order valence-corrected chi connectivity index (χ4v) is 5.00. The van der Waals surface area contributed by atoms with E-state index in [1.807, 2.05) is 0 Å². The number of aryl methyl sites for hydroxylation is 1. The number of halogens is 3. The summed E-state index contributed by atoms with van der Waals surface area (Å²) in [6.45, 7) is 2.50. The third-order valence-corrected chi connectivity index (χ3v) is 7.44. The Morgan fingerprint density at radius 3 is 2.53 bits per heavy atom. The highest BCUT2D eigenvalue weighted by atomic mass is 32.2. The Morgan fingerprint density at radius 1 is 1.16 bits per heavy atom. The Morgan fingerprint density at radius 2 is 1.88 bits per heavy atom. The van der Waals surface area contributed by atoms with Crippen LogP contribution in [0.2, 0.25) is 0 Å². The molecule has 0 amide bonds. The molecule has 3 aromatic rings. The molecule has 1 aliphatic rings. The van der Waals surface area contributed by atoms with Crippen molar-refractivity contribution in [2.75, 3.05) is 19.0 Å². The van der Waals surface area contributed by atoms with Gasteiger partial charge in [-0.1, -0.05) is 6.92 Å². The van der Waals surface area contributed by atoms with E-state index >= 15 is 0 Å². The zero-order chi connectivity index (χ0) is 23.1. The number of benzene rings is 1. The third kappa shape index (κ3) is 4.63. The Bertz CT molecular complexity index is 1250. The highest BCUT2D eigenvalue weighted by molar-refractivity contribution is 8.00. The molecule has 0 radical (unpaired) electrons. The average Bonchev–Trinajstić information content (AvgIpc) is 3.08. The van der Waals surface area contributed by atoms with Crippen LogP contribution in [-0.2, 0) is 26.4 Å². The molecule has 0 N–H and O–H groups in total. The highest BCUT2D eigenvalue weighted by Gasteiger charge is 2.30. The van der Waals surface area contributed by atoms with E-state index in [2.05, 4.69) is 9.97 Å². The van der Waals surface area contributed by atoms with Crippen molar-refractivity contribution in [2.45, 2.75) is 34.9 Å². The second-order valence-corrected chi connectivity index (χ2v) is 10.5. The van der Waals surface area contributed by atoms with Crippen LogP contribution in [0.4, 0.5) is 13.2 Å². The molecule has 0 atom stereocenters. The number of hydrogen-bond acceptors (Lipinski definition) is 7. The van der Waals surface area contributed by atoms with E-state index in [9.17, 15) is 21.6 Å². The first-order valence-corrected chi connectivity index (χ1v) is 12.3. The SMILES string of the molecule is CCS(=O)(=O)c1ccc(C2OCCCO2)nc1-c1nc2cc(SC(F)(F)F)ccc2n1C. The van der Waals surface area contributed by atoms with Crippen molar-refractivity contribution in [3.8, 4) is 11.5 Å². The minimum atomic E-state index is -4.43. The van der Waals surface area contributed by atoms with Crippen LogP contribution >= 0.6 is 11.8 Å². The normalized spacial score (nSPS) is 16.0. The number of imidazole rings is 1. The number of alkyl halides is 3. The molecule has 1 saturated heterocycles. The zero-order valence-corrected chi connectivity index (χ0v) is 18.9. The lowest BCUT2D eigenvalue weighted by molar-refractivity contribution is -0.185. The van der Waals surface area contributed by atoms with Crippen LogP contribution in [-0.4, -0.2) is 47.4 Å². The van der Waals surface area contributed by atoms with Crippen molar-refractivity contribution < 1.29 is 31.1 Å². The van der Waals surface area contributed by atoms with Crippen LogP contribution in [0.15, 0.2) is 40.1 Å². The molecule has 1 aromatic carbocycles. The predicted octanol–water partition coefficient (Wildman–Crippen LogP) is 4.48. The molecule has 12 heteroatoms. The first-order chi connectivity index (χ1) is 15.1. The van der Waals surface area contributed by atoms with E-state index in [-0.39, 0.29) is 38.8 Å². The van der Waals surface area contributed by atoms with Crippen LogP contribution in [0.25, 0.3) is 22.6 Å². The van der Waals surface area contributed by atoms with Crippen LogP contribution in [0.3, 0.4) is 0 Å².